The number of aromatic nitrogens is 1. The number of ether oxygens (including phenoxy) is 2. The molecular formula is C27H30N2O5. The zero-order valence-electron chi connectivity index (χ0n) is 19.9. The molecule has 1 unspecified atom stereocenters. The molecule has 1 saturated heterocycles. The Balaban J connectivity index is 1.85. The minimum atomic E-state index is -0.699. The van der Waals surface area contributed by atoms with E-state index in [-0.39, 0.29) is 17.4 Å². The van der Waals surface area contributed by atoms with Crippen LogP contribution in [-0.4, -0.2) is 52.6 Å². The third-order valence-corrected chi connectivity index (χ3v) is 6.01. The Morgan fingerprint density at radius 1 is 1.09 bits per heavy atom. The lowest BCUT2D eigenvalue weighted by Crippen LogP contribution is -2.31. The van der Waals surface area contributed by atoms with E-state index in [0.717, 1.165) is 16.5 Å². The number of methoxy groups -OCH3 is 1. The topological polar surface area (TPSA) is 81.0 Å². The number of aliphatic hydroxyl groups excluding tert-OH is 1. The number of aryl methyl sites for hydroxylation is 1. The number of hydrogen-bond donors (Lipinski definition) is 1. The quantitative estimate of drug-likeness (QED) is 0.232. The summed E-state index contributed by atoms with van der Waals surface area (Å²) in [6.45, 7) is 4.67. The molecule has 0 radical (unpaired) electrons. The maximum atomic E-state index is 13.2. The zero-order chi connectivity index (χ0) is 24.4. The smallest absolute Gasteiger partial charge is 0.295 e. The first-order valence-electron chi connectivity index (χ1n) is 11.4. The highest BCUT2D eigenvalue weighted by Gasteiger charge is 2.46. The van der Waals surface area contributed by atoms with Gasteiger partial charge in [-0.25, -0.2) is 0 Å². The van der Waals surface area contributed by atoms with Gasteiger partial charge >= 0.3 is 0 Å². The average Bonchev–Trinajstić information content (AvgIpc) is 3.28. The summed E-state index contributed by atoms with van der Waals surface area (Å²) in [7, 11) is 3.53. The molecule has 1 aliphatic rings. The normalized spacial score (nSPS) is 17.8. The molecule has 1 fully saturated rings. The highest BCUT2D eigenvalue weighted by molar-refractivity contribution is 6.46. The van der Waals surface area contributed by atoms with Gasteiger partial charge in [-0.15, -0.1) is 0 Å². The fourth-order valence-electron chi connectivity index (χ4n) is 4.52. The summed E-state index contributed by atoms with van der Waals surface area (Å²) in [5.74, 6) is -0.829. The molecular weight excluding hydrogens is 432 g/mol. The van der Waals surface area contributed by atoms with Crippen molar-refractivity contribution in [1.82, 2.24) is 9.47 Å². The van der Waals surface area contributed by atoms with Gasteiger partial charge in [0, 0.05) is 55.5 Å². The van der Waals surface area contributed by atoms with Crippen LogP contribution in [0.3, 0.4) is 0 Å². The second kappa shape index (κ2) is 9.73. The minimum Gasteiger partial charge on any atom is -0.507 e. The highest BCUT2D eigenvalue weighted by Crippen LogP contribution is 2.42. The van der Waals surface area contributed by atoms with Crippen molar-refractivity contribution >= 4 is 28.4 Å². The number of fused-ring (bicyclic) bond motifs is 1. The van der Waals surface area contributed by atoms with Gasteiger partial charge in [0.15, 0.2) is 0 Å². The Hall–Kier alpha value is -3.58. The molecule has 3 aromatic rings. The van der Waals surface area contributed by atoms with Crippen LogP contribution in [0.5, 0.6) is 5.75 Å². The van der Waals surface area contributed by atoms with Crippen LogP contribution in [0.25, 0.3) is 16.7 Å². The summed E-state index contributed by atoms with van der Waals surface area (Å²) in [4.78, 5) is 27.9. The van der Waals surface area contributed by atoms with E-state index in [2.05, 4.69) is 0 Å². The lowest BCUT2D eigenvalue weighted by Gasteiger charge is -2.24. The van der Waals surface area contributed by atoms with Crippen LogP contribution >= 0.6 is 0 Å². The van der Waals surface area contributed by atoms with Crippen LogP contribution in [0.1, 0.15) is 37.4 Å². The molecule has 7 nitrogen and oxygen atoms in total. The van der Waals surface area contributed by atoms with Crippen LogP contribution in [0, 0.1) is 0 Å². The van der Waals surface area contributed by atoms with Crippen molar-refractivity contribution < 1.29 is 24.2 Å². The molecule has 4 rings (SSSR count). The summed E-state index contributed by atoms with van der Waals surface area (Å²) in [6, 6.07) is 14.0. The summed E-state index contributed by atoms with van der Waals surface area (Å²) in [5, 5.41) is 12.2. The number of benzene rings is 2. The molecule has 178 valence electrons. The number of Topliss-reactive ketones (excluding diaryl/α,β-unsaturated/α-hetero) is 1. The number of para-hydroxylation sites is 1. The first-order chi connectivity index (χ1) is 16.3. The Kier molecular flexibility index (Phi) is 6.75. The van der Waals surface area contributed by atoms with E-state index < -0.39 is 17.7 Å². The van der Waals surface area contributed by atoms with E-state index in [1.54, 1.807) is 36.3 Å². The third-order valence-electron chi connectivity index (χ3n) is 6.01. The van der Waals surface area contributed by atoms with E-state index in [1.807, 2.05) is 55.9 Å². The van der Waals surface area contributed by atoms with Gasteiger partial charge in [-0.3, -0.25) is 9.59 Å². The van der Waals surface area contributed by atoms with Crippen molar-refractivity contribution in [3.8, 4) is 5.75 Å². The predicted molar refractivity (Wildman–Crippen MR) is 131 cm³/mol. The Morgan fingerprint density at radius 2 is 1.79 bits per heavy atom. The van der Waals surface area contributed by atoms with Gasteiger partial charge in [-0.1, -0.05) is 18.2 Å². The molecule has 2 heterocycles. The Labute approximate surface area is 199 Å². The number of likely N-dealkylation sites (tertiary alicyclic amines) is 1. The highest BCUT2D eigenvalue weighted by atomic mass is 16.5. The number of hydrogen-bond acceptors (Lipinski definition) is 5. The Bertz CT molecular complexity index is 1240. The molecule has 0 aliphatic carbocycles. The standard InChI is InChI=1S/C27H30N2O5/c1-17(2)34-19-12-10-18(11-13-19)25(30)23-24(29(14-7-15-33-4)27(32)26(23)31)21-16-28(3)22-9-6-5-8-20(21)22/h5-6,8-13,16-17,24,30H,7,14-15H2,1-4H3/b25-23+. The number of carbonyl (C=O) groups excluding carboxylic acids is 2. The minimum absolute atomic E-state index is 0.0169. The van der Waals surface area contributed by atoms with Crippen LogP contribution in [0.4, 0.5) is 0 Å². The van der Waals surface area contributed by atoms with Gasteiger partial charge in [0.25, 0.3) is 11.7 Å². The molecule has 1 aliphatic heterocycles. The number of rotatable bonds is 8. The maximum absolute atomic E-state index is 13.2. The summed E-state index contributed by atoms with van der Waals surface area (Å²) < 4.78 is 12.8. The number of amides is 1. The Morgan fingerprint density at radius 3 is 2.47 bits per heavy atom. The van der Waals surface area contributed by atoms with Crippen molar-refractivity contribution in [2.24, 2.45) is 7.05 Å². The van der Waals surface area contributed by atoms with Crippen molar-refractivity contribution in [3.63, 3.8) is 0 Å². The second-order valence-electron chi connectivity index (χ2n) is 8.74. The molecule has 1 atom stereocenters. The monoisotopic (exact) mass is 462 g/mol. The SMILES string of the molecule is COCCCN1C(=O)C(=O)/C(=C(/O)c2ccc(OC(C)C)cc2)C1c1cn(C)c2ccccc12. The van der Waals surface area contributed by atoms with Crippen molar-refractivity contribution in [1.29, 1.82) is 0 Å². The van der Waals surface area contributed by atoms with Crippen molar-refractivity contribution in [2.75, 3.05) is 20.3 Å². The average molecular weight is 463 g/mol. The third kappa shape index (κ3) is 4.31. The fraction of sp³-hybridized carbons (Fsp3) is 0.333. The summed E-state index contributed by atoms with van der Waals surface area (Å²) in [5.41, 5.74) is 2.33. The number of aliphatic hydroxyl groups is 1. The number of ketones is 1. The lowest BCUT2D eigenvalue weighted by atomic mass is 9.95. The van der Waals surface area contributed by atoms with Crippen LogP contribution in [-0.2, 0) is 21.4 Å². The van der Waals surface area contributed by atoms with E-state index in [9.17, 15) is 14.7 Å². The van der Waals surface area contributed by atoms with Crippen molar-refractivity contribution in [3.05, 3.63) is 71.4 Å². The summed E-state index contributed by atoms with van der Waals surface area (Å²) in [6.07, 6.45) is 2.52. The summed E-state index contributed by atoms with van der Waals surface area (Å²) >= 11 is 0. The number of nitrogens with zero attached hydrogens (tertiary/aromatic N) is 2. The number of carbonyl (C=O) groups is 2. The molecule has 34 heavy (non-hydrogen) atoms. The molecule has 0 spiro atoms. The van der Waals surface area contributed by atoms with Gasteiger partial charge in [0.2, 0.25) is 0 Å². The maximum Gasteiger partial charge on any atom is 0.295 e. The van der Waals surface area contributed by atoms with E-state index >= 15 is 0 Å². The largest absolute Gasteiger partial charge is 0.507 e. The molecule has 2 aromatic carbocycles. The van der Waals surface area contributed by atoms with Crippen LogP contribution in [0.15, 0.2) is 60.3 Å². The van der Waals surface area contributed by atoms with E-state index in [1.165, 1.54) is 0 Å². The molecule has 1 amide bonds. The zero-order valence-corrected chi connectivity index (χ0v) is 19.9. The molecule has 1 N–H and O–H groups in total. The van der Waals surface area contributed by atoms with Gasteiger partial charge in [-0.05, 0) is 50.6 Å². The van der Waals surface area contributed by atoms with Crippen LogP contribution < -0.4 is 4.74 Å². The van der Waals surface area contributed by atoms with E-state index in [4.69, 9.17) is 9.47 Å². The predicted octanol–water partition coefficient (Wildman–Crippen LogP) is 4.42. The second-order valence-corrected chi connectivity index (χ2v) is 8.74. The van der Waals surface area contributed by atoms with Gasteiger partial charge in [-0.2, -0.15) is 0 Å². The lowest BCUT2D eigenvalue weighted by molar-refractivity contribution is -0.140. The van der Waals surface area contributed by atoms with Crippen LogP contribution in [0.2, 0.25) is 0 Å². The molecule has 1 aromatic heterocycles. The molecule has 0 bridgehead atoms. The van der Waals surface area contributed by atoms with Gasteiger partial charge in [0.05, 0.1) is 17.7 Å². The molecule has 7 heteroatoms. The first-order valence-corrected chi connectivity index (χ1v) is 11.4. The van der Waals surface area contributed by atoms with Gasteiger partial charge < -0.3 is 24.0 Å². The first kappa shape index (κ1) is 23.6. The molecule has 0 saturated carbocycles. The van der Waals surface area contributed by atoms with Crippen molar-refractivity contribution in [2.45, 2.75) is 32.4 Å². The van der Waals surface area contributed by atoms with E-state index in [0.29, 0.717) is 30.9 Å². The fourth-order valence-corrected chi connectivity index (χ4v) is 4.52. The van der Waals surface area contributed by atoms with Gasteiger partial charge in [0.1, 0.15) is 11.5 Å².